The van der Waals surface area contributed by atoms with Crippen molar-refractivity contribution in [3.63, 3.8) is 0 Å². The van der Waals surface area contributed by atoms with Gasteiger partial charge in [0.2, 0.25) is 0 Å². The van der Waals surface area contributed by atoms with E-state index in [-0.39, 0.29) is 0 Å². The third-order valence-corrected chi connectivity index (χ3v) is 4.55. The van der Waals surface area contributed by atoms with Gasteiger partial charge < -0.3 is 10.1 Å². The van der Waals surface area contributed by atoms with Crippen molar-refractivity contribution < 1.29 is 4.74 Å². The quantitative estimate of drug-likeness (QED) is 0.819. The largest absolute Gasteiger partial charge is 0.377 e. The Morgan fingerprint density at radius 3 is 2.61 bits per heavy atom. The second-order valence-electron chi connectivity index (χ2n) is 5.98. The summed E-state index contributed by atoms with van der Waals surface area (Å²) < 4.78 is 5.79. The molecule has 1 saturated carbocycles. The van der Waals surface area contributed by atoms with Crippen LogP contribution in [0.15, 0.2) is 0 Å². The molecule has 106 valence electrons. The van der Waals surface area contributed by atoms with Gasteiger partial charge in [0.25, 0.3) is 0 Å². The summed E-state index contributed by atoms with van der Waals surface area (Å²) in [4.78, 5) is 2.70. The first kappa shape index (κ1) is 14.3. The highest BCUT2D eigenvalue weighted by molar-refractivity contribution is 4.86. The number of likely N-dealkylation sites (N-methyl/N-ethyl adjacent to an activating group) is 1. The summed E-state index contributed by atoms with van der Waals surface area (Å²) >= 11 is 0. The molecule has 2 fully saturated rings. The molecule has 3 atom stereocenters. The Morgan fingerprint density at radius 2 is 1.83 bits per heavy atom. The van der Waals surface area contributed by atoms with E-state index in [4.69, 9.17) is 4.74 Å². The third kappa shape index (κ3) is 3.94. The lowest BCUT2D eigenvalue weighted by atomic mass is 9.91. The fourth-order valence-electron chi connectivity index (χ4n) is 3.57. The molecule has 0 bridgehead atoms. The van der Waals surface area contributed by atoms with E-state index in [0.29, 0.717) is 12.1 Å². The van der Waals surface area contributed by atoms with E-state index in [9.17, 15) is 0 Å². The average molecular weight is 254 g/mol. The smallest absolute Gasteiger partial charge is 0.0674 e. The highest BCUT2D eigenvalue weighted by atomic mass is 16.5. The Kier molecular flexibility index (Phi) is 5.93. The molecule has 3 nitrogen and oxygen atoms in total. The lowest BCUT2D eigenvalue weighted by molar-refractivity contribution is 0.0532. The monoisotopic (exact) mass is 254 g/mol. The summed E-state index contributed by atoms with van der Waals surface area (Å²) in [5.74, 6) is 0. The zero-order valence-electron chi connectivity index (χ0n) is 12.2. The second-order valence-corrected chi connectivity index (χ2v) is 5.98. The van der Waals surface area contributed by atoms with E-state index in [0.717, 1.165) is 19.2 Å². The standard InChI is InChI=1S/C15H30N2O/c1-13-12-17(10-7-11-18-13)15-9-6-4-3-5-8-14(15)16-2/h13-16H,3-12H2,1-2H3. The van der Waals surface area contributed by atoms with Crippen molar-refractivity contribution in [3.8, 4) is 0 Å². The number of nitrogens with zero attached hydrogens (tertiary/aromatic N) is 1. The number of hydrogen-bond donors (Lipinski definition) is 1. The SMILES string of the molecule is CNC1CCCCCCC1N1CCCOC(C)C1. The van der Waals surface area contributed by atoms with Crippen molar-refractivity contribution in [3.05, 3.63) is 0 Å². The minimum Gasteiger partial charge on any atom is -0.377 e. The van der Waals surface area contributed by atoms with E-state index in [1.54, 1.807) is 0 Å². The van der Waals surface area contributed by atoms with Crippen molar-refractivity contribution in [2.45, 2.75) is 70.1 Å². The molecule has 0 aromatic rings. The molecule has 0 aromatic carbocycles. The van der Waals surface area contributed by atoms with Gasteiger partial charge in [-0.2, -0.15) is 0 Å². The van der Waals surface area contributed by atoms with Crippen LogP contribution in [0.4, 0.5) is 0 Å². The molecule has 2 aliphatic rings. The average Bonchev–Trinajstić information content (AvgIpc) is 2.54. The van der Waals surface area contributed by atoms with Crippen molar-refractivity contribution in [2.75, 3.05) is 26.7 Å². The van der Waals surface area contributed by atoms with Gasteiger partial charge >= 0.3 is 0 Å². The van der Waals surface area contributed by atoms with E-state index < -0.39 is 0 Å². The van der Waals surface area contributed by atoms with Crippen molar-refractivity contribution in [2.24, 2.45) is 0 Å². The van der Waals surface area contributed by atoms with Crippen LogP contribution >= 0.6 is 0 Å². The van der Waals surface area contributed by atoms with Crippen LogP contribution in [0.1, 0.15) is 51.9 Å². The molecule has 3 unspecified atom stereocenters. The fourth-order valence-corrected chi connectivity index (χ4v) is 3.57. The molecule has 0 spiro atoms. The van der Waals surface area contributed by atoms with Gasteiger partial charge in [0.05, 0.1) is 6.10 Å². The lowest BCUT2D eigenvalue weighted by Gasteiger charge is -2.38. The first-order chi connectivity index (χ1) is 8.81. The highest BCUT2D eigenvalue weighted by Crippen LogP contribution is 2.23. The van der Waals surface area contributed by atoms with Crippen LogP contribution in [0.2, 0.25) is 0 Å². The van der Waals surface area contributed by atoms with E-state index in [1.165, 1.54) is 51.5 Å². The minimum absolute atomic E-state index is 0.399. The van der Waals surface area contributed by atoms with Crippen molar-refractivity contribution in [1.82, 2.24) is 10.2 Å². The molecule has 1 aliphatic heterocycles. The maximum absolute atomic E-state index is 5.79. The highest BCUT2D eigenvalue weighted by Gasteiger charge is 2.29. The van der Waals surface area contributed by atoms with E-state index in [1.807, 2.05) is 0 Å². The van der Waals surface area contributed by atoms with Gasteiger partial charge in [-0.05, 0) is 33.2 Å². The predicted molar refractivity (Wildman–Crippen MR) is 75.9 cm³/mol. The van der Waals surface area contributed by atoms with E-state index >= 15 is 0 Å². The number of ether oxygens (including phenoxy) is 1. The maximum atomic E-state index is 5.79. The Labute approximate surface area is 112 Å². The fraction of sp³-hybridized carbons (Fsp3) is 1.00. The van der Waals surface area contributed by atoms with Gasteiger partial charge in [0, 0.05) is 31.8 Å². The topological polar surface area (TPSA) is 24.5 Å². The van der Waals surface area contributed by atoms with Crippen molar-refractivity contribution in [1.29, 1.82) is 0 Å². The lowest BCUT2D eigenvalue weighted by Crippen LogP contribution is -2.51. The molecule has 2 rings (SSSR count). The summed E-state index contributed by atoms with van der Waals surface area (Å²) in [6.07, 6.45) is 9.92. The first-order valence-electron chi connectivity index (χ1n) is 7.84. The van der Waals surface area contributed by atoms with E-state index in [2.05, 4.69) is 24.2 Å². The Balaban J connectivity index is 2.00. The van der Waals surface area contributed by atoms with Crippen LogP contribution < -0.4 is 5.32 Å². The molecule has 3 heteroatoms. The van der Waals surface area contributed by atoms with Gasteiger partial charge in [-0.3, -0.25) is 4.90 Å². The molecule has 0 amide bonds. The van der Waals surface area contributed by atoms with Gasteiger partial charge in [-0.1, -0.05) is 25.7 Å². The van der Waals surface area contributed by atoms with Crippen LogP contribution in [-0.2, 0) is 4.74 Å². The Morgan fingerprint density at radius 1 is 1.06 bits per heavy atom. The van der Waals surface area contributed by atoms with Gasteiger partial charge in [-0.25, -0.2) is 0 Å². The van der Waals surface area contributed by atoms with Gasteiger partial charge in [0.15, 0.2) is 0 Å². The molecular formula is C15H30N2O. The van der Waals surface area contributed by atoms with Crippen LogP contribution in [0.3, 0.4) is 0 Å². The second kappa shape index (κ2) is 7.46. The summed E-state index contributed by atoms with van der Waals surface area (Å²) in [7, 11) is 2.14. The summed E-state index contributed by atoms with van der Waals surface area (Å²) in [5.41, 5.74) is 0. The molecule has 0 radical (unpaired) electrons. The summed E-state index contributed by atoms with van der Waals surface area (Å²) in [6, 6.07) is 1.40. The van der Waals surface area contributed by atoms with Gasteiger partial charge in [0.1, 0.15) is 0 Å². The molecule has 0 aromatic heterocycles. The molecule has 1 aliphatic carbocycles. The van der Waals surface area contributed by atoms with Crippen LogP contribution in [0, 0.1) is 0 Å². The zero-order chi connectivity index (χ0) is 12.8. The predicted octanol–water partition coefficient (Wildman–Crippen LogP) is 2.41. The Bertz CT molecular complexity index is 235. The molecular weight excluding hydrogens is 224 g/mol. The molecule has 1 N–H and O–H groups in total. The maximum Gasteiger partial charge on any atom is 0.0674 e. The van der Waals surface area contributed by atoms with Crippen LogP contribution in [0.25, 0.3) is 0 Å². The molecule has 1 saturated heterocycles. The number of nitrogens with one attached hydrogen (secondary N) is 1. The Hall–Kier alpha value is -0.120. The van der Waals surface area contributed by atoms with Gasteiger partial charge in [-0.15, -0.1) is 0 Å². The number of hydrogen-bond acceptors (Lipinski definition) is 3. The normalized spacial score (nSPS) is 36.7. The van der Waals surface area contributed by atoms with Crippen LogP contribution in [0.5, 0.6) is 0 Å². The zero-order valence-corrected chi connectivity index (χ0v) is 12.2. The molecule has 1 heterocycles. The first-order valence-corrected chi connectivity index (χ1v) is 7.84. The summed E-state index contributed by atoms with van der Waals surface area (Å²) in [6.45, 7) is 5.49. The van der Waals surface area contributed by atoms with Crippen LogP contribution in [-0.4, -0.2) is 49.8 Å². The third-order valence-electron chi connectivity index (χ3n) is 4.55. The van der Waals surface area contributed by atoms with Crippen molar-refractivity contribution >= 4 is 0 Å². The minimum atomic E-state index is 0.399. The summed E-state index contributed by atoms with van der Waals surface area (Å²) in [5, 5.41) is 3.57. The number of rotatable bonds is 2. The molecule has 18 heavy (non-hydrogen) atoms.